The van der Waals surface area contributed by atoms with E-state index in [1.54, 1.807) is 18.2 Å². The van der Waals surface area contributed by atoms with Gasteiger partial charge in [0.05, 0.1) is 5.02 Å². The van der Waals surface area contributed by atoms with Crippen LogP contribution in [0, 0.1) is 5.92 Å². The van der Waals surface area contributed by atoms with Crippen LogP contribution in [0.4, 0.5) is 0 Å². The molecule has 3 nitrogen and oxygen atoms in total. The van der Waals surface area contributed by atoms with E-state index < -0.39 is 0 Å². The first-order valence-corrected chi connectivity index (χ1v) is 8.11. The van der Waals surface area contributed by atoms with Gasteiger partial charge in [0.25, 0.3) is 5.91 Å². The summed E-state index contributed by atoms with van der Waals surface area (Å²) in [6, 6.07) is 5.34. The second kappa shape index (κ2) is 6.92. The van der Waals surface area contributed by atoms with Crippen LogP contribution in [0.1, 0.15) is 24.2 Å². The van der Waals surface area contributed by atoms with Crippen LogP contribution in [0.5, 0.6) is 0 Å². The average Bonchev–Trinajstić information content (AvgIpc) is 2.41. The molecule has 0 aromatic heterocycles. The SMILES string of the molecule is CC(C)CN1CCN(C(=O)c2ccc(Cl)c(Br)c2)CC1. The van der Waals surface area contributed by atoms with Gasteiger partial charge in [0.1, 0.15) is 0 Å². The van der Waals surface area contributed by atoms with Crippen LogP contribution < -0.4 is 0 Å². The summed E-state index contributed by atoms with van der Waals surface area (Å²) in [4.78, 5) is 16.8. The van der Waals surface area contributed by atoms with Gasteiger partial charge < -0.3 is 4.90 Å². The Bertz CT molecular complexity index is 485. The summed E-state index contributed by atoms with van der Waals surface area (Å²) >= 11 is 9.32. The second-order valence-electron chi connectivity index (χ2n) is 5.62. The largest absolute Gasteiger partial charge is 0.336 e. The second-order valence-corrected chi connectivity index (χ2v) is 6.88. The molecule has 0 N–H and O–H groups in total. The van der Waals surface area contributed by atoms with Gasteiger partial charge >= 0.3 is 0 Å². The number of hydrogen-bond donors (Lipinski definition) is 0. The zero-order valence-corrected chi connectivity index (χ0v) is 14.2. The molecule has 2 rings (SSSR count). The van der Waals surface area contributed by atoms with Crippen molar-refractivity contribution in [3.8, 4) is 0 Å². The van der Waals surface area contributed by atoms with Crippen molar-refractivity contribution < 1.29 is 4.79 Å². The van der Waals surface area contributed by atoms with Crippen LogP contribution in [-0.4, -0.2) is 48.4 Å². The lowest BCUT2D eigenvalue weighted by molar-refractivity contribution is 0.0624. The molecular weight excluding hydrogens is 340 g/mol. The van der Waals surface area contributed by atoms with Gasteiger partial charge in [0.2, 0.25) is 0 Å². The number of carbonyl (C=O) groups is 1. The van der Waals surface area contributed by atoms with E-state index in [0.29, 0.717) is 16.5 Å². The Kier molecular flexibility index (Phi) is 5.47. The molecule has 1 aromatic carbocycles. The van der Waals surface area contributed by atoms with Crippen molar-refractivity contribution in [1.82, 2.24) is 9.80 Å². The first-order chi connectivity index (χ1) is 9.47. The Hall–Kier alpha value is -0.580. The van der Waals surface area contributed by atoms with Crippen LogP contribution in [0.2, 0.25) is 5.02 Å². The fourth-order valence-corrected chi connectivity index (χ4v) is 2.96. The van der Waals surface area contributed by atoms with Crippen LogP contribution in [0.3, 0.4) is 0 Å². The van der Waals surface area contributed by atoms with Crippen molar-refractivity contribution in [1.29, 1.82) is 0 Å². The number of piperazine rings is 1. The monoisotopic (exact) mass is 358 g/mol. The highest BCUT2D eigenvalue weighted by molar-refractivity contribution is 9.10. The fourth-order valence-electron chi connectivity index (χ4n) is 2.46. The number of halogens is 2. The summed E-state index contributed by atoms with van der Waals surface area (Å²) in [6.07, 6.45) is 0. The summed E-state index contributed by atoms with van der Waals surface area (Å²) in [7, 11) is 0. The van der Waals surface area contributed by atoms with Crippen molar-refractivity contribution in [2.45, 2.75) is 13.8 Å². The third-order valence-corrected chi connectivity index (χ3v) is 4.66. The summed E-state index contributed by atoms with van der Waals surface area (Å²) in [5, 5.41) is 0.628. The molecule has 1 saturated heterocycles. The highest BCUT2D eigenvalue weighted by atomic mass is 79.9. The minimum atomic E-state index is 0.0894. The molecule has 20 heavy (non-hydrogen) atoms. The predicted molar refractivity (Wildman–Crippen MR) is 86.3 cm³/mol. The maximum Gasteiger partial charge on any atom is 0.253 e. The van der Waals surface area contributed by atoms with Gasteiger partial charge in [-0.15, -0.1) is 0 Å². The quantitative estimate of drug-likeness (QED) is 0.824. The standard InChI is InChI=1S/C15H20BrClN2O/c1-11(2)10-18-5-7-19(8-6-18)15(20)12-3-4-14(17)13(16)9-12/h3-4,9,11H,5-8,10H2,1-2H3. The molecule has 5 heteroatoms. The zero-order valence-electron chi connectivity index (χ0n) is 11.9. The molecule has 0 atom stereocenters. The molecule has 0 spiro atoms. The Balaban J connectivity index is 1.96. The maximum atomic E-state index is 12.4. The van der Waals surface area contributed by atoms with Crippen LogP contribution in [0.25, 0.3) is 0 Å². The number of nitrogens with zero attached hydrogens (tertiary/aromatic N) is 2. The summed E-state index contributed by atoms with van der Waals surface area (Å²) in [5.41, 5.74) is 0.693. The van der Waals surface area contributed by atoms with Gasteiger partial charge in [-0.1, -0.05) is 25.4 Å². The molecule has 1 aliphatic rings. The zero-order chi connectivity index (χ0) is 14.7. The van der Waals surface area contributed by atoms with Gasteiger partial charge in [-0.25, -0.2) is 0 Å². The van der Waals surface area contributed by atoms with Crippen molar-refractivity contribution in [2.24, 2.45) is 5.92 Å². The summed E-state index contributed by atoms with van der Waals surface area (Å²) in [6.45, 7) is 9.06. The van der Waals surface area contributed by atoms with Crippen LogP contribution in [-0.2, 0) is 0 Å². The molecule has 0 bridgehead atoms. The summed E-state index contributed by atoms with van der Waals surface area (Å²) < 4.78 is 0.767. The number of amides is 1. The lowest BCUT2D eigenvalue weighted by atomic mass is 10.1. The predicted octanol–water partition coefficient (Wildman–Crippen LogP) is 3.52. The van der Waals surface area contributed by atoms with E-state index in [9.17, 15) is 4.79 Å². The third-order valence-electron chi connectivity index (χ3n) is 3.45. The van der Waals surface area contributed by atoms with Gasteiger partial charge in [0, 0.05) is 42.8 Å². The molecular formula is C15H20BrClN2O. The van der Waals surface area contributed by atoms with Crippen LogP contribution >= 0.6 is 27.5 Å². The molecule has 1 amide bonds. The van der Waals surface area contributed by atoms with Crippen molar-refractivity contribution >= 4 is 33.4 Å². The average molecular weight is 360 g/mol. The molecule has 1 aromatic rings. The maximum absolute atomic E-state index is 12.4. The smallest absolute Gasteiger partial charge is 0.253 e. The van der Waals surface area contributed by atoms with E-state index in [0.717, 1.165) is 37.2 Å². The molecule has 1 aliphatic heterocycles. The topological polar surface area (TPSA) is 23.6 Å². The molecule has 110 valence electrons. The van der Waals surface area contributed by atoms with Gasteiger partial charge in [-0.3, -0.25) is 9.69 Å². The number of rotatable bonds is 3. The van der Waals surface area contributed by atoms with Gasteiger partial charge in [0.15, 0.2) is 0 Å². The minimum absolute atomic E-state index is 0.0894. The molecule has 1 fully saturated rings. The van der Waals surface area contributed by atoms with E-state index in [4.69, 9.17) is 11.6 Å². The Labute approximate surface area is 134 Å². The van der Waals surface area contributed by atoms with Crippen molar-refractivity contribution in [2.75, 3.05) is 32.7 Å². The van der Waals surface area contributed by atoms with E-state index in [1.165, 1.54) is 0 Å². The van der Waals surface area contributed by atoms with Crippen molar-refractivity contribution in [3.63, 3.8) is 0 Å². The Morgan fingerprint density at radius 2 is 1.95 bits per heavy atom. The van der Waals surface area contributed by atoms with Gasteiger partial charge in [-0.05, 0) is 40.0 Å². The minimum Gasteiger partial charge on any atom is -0.336 e. The summed E-state index contributed by atoms with van der Waals surface area (Å²) in [5.74, 6) is 0.760. The Morgan fingerprint density at radius 3 is 2.50 bits per heavy atom. The first kappa shape index (κ1) is 15.8. The fraction of sp³-hybridized carbons (Fsp3) is 0.533. The van der Waals surface area contributed by atoms with Gasteiger partial charge in [-0.2, -0.15) is 0 Å². The first-order valence-electron chi connectivity index (χ1n) is 6.94. The van der Waals surface area contributed by atoms with Crippen molar-refractivity contribution in [3.05, 3.63) is 33.3 Å². The van der Waals surface area contributed by atoms with E-state index in [2.05, 4.69) is 34.7 Å². The molecule has 0 unspecified atom stereocenters. The normalized spacial score (nSPS) is 16.8. The highest BCUT2D eigenvalue weighted by Gasteiger charge is 2.22. The molecule has 1 heterocycles. The van der Waals surface area contributed by atoms with Crippen LogP contribution in [0.15, 0.2) is 22.7 Å². The molecule has 0 radical (unpaired) electrons. The number of benzene rings is 1. The lowest BCUT2D eigenvalue weighted by Crippen LogP contribution is -2.49. The molecule has 0 saturated carbocycles. The Morgan fingerprint density at radius 1 is 1.30 bits per heavy atom. The third kappa shape index (κ3) is 3.96. The number of hydrogen-bond acceptors (Lipinski definition) is 2. The lowest BCUT2D eigenvalue weighted by Gasteiger charge is -2.35. The molecule has 0 aliphatic carbocycles. The number of carbonyl (C=O) groups excluding carboxylic acids is 1. The van der Waals surface area contributed by atoms with E-state index >= 15 is 0 Å². The van der Waals surface area contributed by atoms with E-state index in [1.807, 2.05) is 4.90 Å². The highest BCUT2D eigenvalue weighted by Crippen LogP contribution is 2.24. The van der Waals surface area contributed by atoms with E-state index in [-0.39, 0.29) is 5.91 Å².